The molecule has 5 nitrogen and oxygen atoms in total. The van der Waals surface area contributed by atoms with E-state index in [1.165, 1.54) is 4.68 Å². The van der Waals surface area contributed by atoms with Gasteiger partial charge in [-0.2, -0.15) is 18.3 Å². The Bertz CT molecular complexity index is 1160. The van der Waals surface area contributed by atoms with Crippen molar-refractivity contribution in [2.75, 3.05) is 6.54 Å². The standard InChI is InChI=1S/C24H22Cl2F3N3O2/c25-18-8-9-21(19(26)12-18)34-14-15-2-4-17(5-3-15)23(33)30-10-1-11-32-20(16-6-7-16)13-22(31-32)24(27,28)29/h2-5,8-9,12-13,16H,1,6-7,10-11,14H2,(H,30,33). The van der Waals surface area contributed by atoms with Crippen LogP contribution in [-0.2, 0) is 19.3 Å². The van der Waals surface area contributed by atoms with Crippen LogP contribution < -0.4 is 10.1 Å². The zero-order chi connectivity index (χ0) is 24.3. The lowest BCUT2D eigenvalue weighted by molar-refractivity contribution is -0.141. The molecule has 3 aromatic rings. The number of halogens is 5. The van der Waals surface area contributed by atoms with E-state index < -0.39 is 11.9 Å². The first-order valence-electron chi connectivity index (χ1n) is 10.8. The van der Waals surface area contributed by atoms with Crippen LogP contribution in [0.25, 0.3) is 0 Å². The minimum Gasteiger partial charge on any atom is -0.487 e. The molecule has 1 amide bonds. The van der Waals surface area contributed by atoms with E-state index in [2.05, 4.69) is 10.4 Å². The second-order valence-corrected chi connectivity index (χ2v) is 8.96. The van der Waals surface area contributed by atoms with E-state index in [0.717, 1.165) is 24.5 Å². The van der Waals surface area contributed by atoms with Crippen LogP contribution >= 0.6 is 23.2 Å². The molecule has 0 spiro atoms. The number of hydrogen-bond donors (Lipinski definition) is 1. The van der Waals surface area contributed by atoms with Gasteiger partial charge in [-0.25, -0.2) is 0 Å². The average Bonchev–Trinajstić information content (AvgIpc) is 3.54. The quantitative estimate of drug-likeness (QED) is 0.334. The molecule has 180 valence electrons. The van der Waals surface area contributed by atoms with Crippen molar-refractivity contribution >= 4 is 29.1 Å². The first kappa shape index (κ1) is 24.4. The first-order valence-corrected chi connectivity index (χ1v) is 11.6. The van der Waals surface area contributed by atoms with E-state index in [0.29, 0.717) is 46.6 Å². The van der Waals surface area contributed by atoms with Crippen LogP contribution in [0.15, 0.2) is 48.5 Å². The van der Waals surface area contributed by atoms with Gasteiger partial charge in [0.25, 0.3) is 5.91 Å². The number of alkyl halides is 3. The first-order chi connectivity index (χ1) is 16.2. The molecule has 0 atom stereocenters. The maximum Gasteiger partial charge on any atom is 0.435 e. The van der Waals surface area contributed by atoms with Crippen molar-refractivity contribution in [3.63, 3.8) is 0 Å². The van der Waals surface area contributed by atoms with E-state index in [9.17, 15) is 18.0 Å². The van der Waals surface area contributed by atoms with Gasteiger partial charge in [0.1, 0.15) is 12.4 Å². The maximum atomic E-state index is 13.0. The molecular formula is C24H22Cl2F3N3O2. The van der Waals surface area contributed by atoms with Gasteiger partial charge in [-0.1, -0.05) is 35.3 Å². The average molecular weight is 512 g/mol. The summed E-state index contributed by atoms with van der Waals surface area (Å²) in [6.07, 6.45) is -2.22. The van der Waals surface area contributed by atoms with E-state index in [-0.39, 0.29) is 18.4 Å². The number of carbonyl (C=O) groups is 1. The highest BCUT2D eigenvalue weighted by Gasteiger charge is 2.37. The summed E-state index contributed by atoms with van der Waals surface area (Å²) in [5.74, 6) is 0.403. The molecule has 10 heteroatoms. The van der Waals surface area contributed by atoms with Crippen LogP contribution in [0.2, 0.25) is 10.0 Å². The molecule has 4 rings (SSSR count). The smallest absolute Gasteiger partial charge is 0.435 e. The summed E-state index contributed by atoms with van der Waals surface area (Å²) in [7, 11) is 0. The van der Waals surface area contributed by atoms with Gasteiger partial charge in [-0.05, 0) is 61.2 Å². The third kappa shape index (κ3) is 6.24. The molecule has 0 bridgehead atoms. The van der Waals surface area contributed by atoms with Gasteiger partial charge in [0.15, 0.2) is 5.69 Å². The summed E-state index contributed by atoms with van der Waals surface area (Å²) in [5.41, 5.74) is 1.09. The van der Waals surface area contributed by atoms with Crippen molar-refractivity contribution in [2.24, 2.45) is 0 Å². The van der Waals surface area contributed by atoms with Crippen LogP contribution in [0.1, 0.15) is 52.5 Å². The summed E-state index contributed by atoms with van der Waals surface area (Å²) >= 11 is 12.0. The molecule has 0 aliphatic heterocycles. The largest absolute Gasteiger partial charge is 0.487 e. The Morgan fingerprint density at radius 1 is 1.12 bits per heavy atom. The highest BCUT2D eigenvalue weighted by Crippen LogP contribution is 2.42. The minimum atomic E-state index is -4.46. The molecule has 0 unspecified atom stereocenters. The summed E-state index contributed by atoms with van der Waals surface area (Å²) in [4.78, 5) is 12.4. The number of carbonyl (C=O) groups excluding carboxylic acids is 1. The van der Waals surface area contributed by atoms with Crippen LogP contribution in [0.5, 0.6) is 5.75 Å². The Morgan fingerprint density at radius 2 is 1.85 bits per heavy atom. The molecule has 1 aromatic heterocycles. The van der Waals surface area contributed by atoms with Crippen LogP contribution in [0, 0.1) is 0 Å². The summed E-state index contributed by atoms with van der Waals surface area (Å²) in [6, 6.07) is 13.0. The molecule has 1 fully saturated rings. The number of hydrogen-bond acceptors (Lipinski definition) is 3. The van der Waals surface area contributed by atoms with Crippen molar-refractivity contribution in [1.29, 1.82) is 0 Å². The van der Waals surface area contributed by atoms with E-state index >= 15 is 0 Å². The monoisotopic (exact) mass is 511 g/mol. The van der Waals surface area contributed by atoms with Crippen LogP contribution in [0.4, 0.5) is 13.2 Å². The number of nitrogens with zero attached hydrogens (tertiary/aromatic N) is 2. The Kier molecular flexibility index (Phi) is 7.38. The van der Waals surface area contributed by atoms with E-state index in [4.69, 9.17) is 27.9 Å². The predicted octanol–water partition coefficient (Wildman–Crippen LogP) is 6.49. The van der Waals surface area contributed by atoms with Gasteiger partial charge in [-0.15, -0.1) is 0 Å². The molecule has 1 heterocycles. The topological polar surface area (TPSA) is 56.2 Å². The number of amides is 1. The van der Waals surface area contributed by atoms with Crippen LogP contribution in [0.3, 0.4) is 0 Å². The number of aryl methyl sites for hydroxylation is 1. The fourth-order valence-corrected chi connectivity index (χ4v) is 3.96. The molecule has 0 saturated heterocycles. The molecule has 0 radical (unpaired) electrons. The minimum absolute atomic E-state index is 0.149. The van der Waals surface area contributed by atoms with Crippen molar-refractivity contribution in [3.05, 3.63) is 81.1 Å². The lowest BCUT2D eigenvalue weighted by atomic mass is 10.1. The van der Waals surface area contributed by atoms with Gasteiger partial charge >= 0.3 is 6.18 Å². The molecule has 1 aliphatic carbocycles. The van der Waals surface area contributed by atoms with Crippen molar-refractivity contribution < 1.29 is 22.7 Å². The van der Waals surface area contributed by atoms with Gasteiger partial charge < -0.3 is 10.1 Å². The molecule has 34 heavy (non-hydrogen) atoms. The summed E-state index contributed by atoms with van der Waals surface area (Å²) in [6.45, 7) is 0.909. The lowest BCUT2D eigenvalue weighted by Crippen LogP contribution is -2.25. The SMILES string of the molecule is O=C(NCCCn1nc(C(F)(F)F)cc1C1CC1)c1ccc(COc2ccc(Cl)cc2Cl)cc1. The van der Waals surface area contributed by atoms with E-state index in [1.54, 1.807) is 42.5 Å². The number of benzene rings is 2. The Hall–Kier alpha value is -2.71. The number of aromatic nitrogens is 2. The predicted molar refractivity (Wildman–Crippen MR) is 123 cm³/mol. The zero-order valence-corrected chi connectivity index (χ0v) is 19.6. The number of ether oxygens (including phenoxy) is 1. The number of nitrogens with one attached hydrogen (secondary N) is 1. The highest BCUT2D eigenvalue weighted by molar-refractivity contribution is 6.35. The number of rotatable bonds is 9. The third-order valence-electron chi connectivity index (χ3n) is 5.43. The summed E-state index contributed by atoms with van der Waals surface area (Å²) < 4.78 is 46.1. The third-order valence-corrected chi connectivity index (χ3v) is 5.96. The fraction of sp³-hybridized carbons (Fsp3) is 0.333. The molecular weight excluding hydrogens is 490 g/mol. The second kappa shape index (κ2) is 10.3. The van der Waals surface area contributed by atoms with Gasteiger partial charge in [0.05, 0.1) is 5.02 Å². The lowest BCUT2D eigenvalue weighted by Gasteiger charge is -2.10. The van der Waals surface area contributed by atoms with Crippen molar-refractivity contribution in [3.8, 4) is 5.75 Å². The Labute approximate surface area is 204 Å². The summed E-state index contributed by atoms with van der Waals surface area (Å²) in [5, 5.41) is 7.46. The van der Waals surface area contributed by atoms with Crippen molar-refractivity contribution in [2.45, 2.75) is 44.5 Å². The maximum absolute atomic E-state index is 13.0. The molecule has 2 aromatic carbocycles. The molecule has 1 aliphatic rings. The highest BCUT2D eigenvalue weighted by atomic mass is 35.5. The van der Waals surface area contributed by atoms with Crippen molar-refractivity contribution in [1.82, 2.24) is 15.1 Å². The Morgan fingerprint density at radius 3 is 2.50 bits per heavy atom. The zero-order valence-electron chi connectivity index (χ0n) is 18.0. The second-order valence-electron chi connectivity index (χ2n) is 8.12. The fourth-order valence-electron chi connectivity index (χ4n) is 3.50. The van der Waals surface area contributed by atoms with Gasteiger partial charge in [-0.3, -0.25) is 9.48 Å². The van der Waals surface area contributed by atoms with E-state index in [1.807, 2.05) is 0 Å². The molecule has 1 saturated carbocycles. The van der Waals surface area contributed by atoms with Gasteiger partial charge in [0.2, 0.25) is 0 Å². The normalized spacial score (nSPS) is 13.7. The Balaban J connectivity index is 1.25. The van der Waals surface area contributed by atoms with Crippen LogP contribution in [-0.4, -0.2) is 22.2 Å². The van der Waals surface area contributed by atoms with Gasteiger partial charge in [0, 0.05) is 35.3 Å². The molecule has 1 N–H and O–H groups in total.